The van der Waals surface area contributed by atoms with Gasteiger partial charge in [0.15, 0.2) is 6.61 Å². The lowest BCUT2D eigenvalue weighted by Crippen LogP contribution is -2.36. The molecule has 0 saturated heterocycles. The van der Waals surface area contributed by atoms with Crippen molar-refractivity contribution in [1.29, 1.82) is 0 Å². The molecule has 2 aromatic rings. The van der Waals surface area contributed by atoms with Crippen molar-refractivity contribution < 1.29 is 17.9 Å². The van der Waals surface area contributed by atoms with Gasteiger partial charge < -0.3 is 10.1 Å². The molecular formula is C22H27BrN2O4S. The van der Waals surface area contributed by atoms with E-state index in [0.717, 1.165) is 35.7 Å². The number of halogens is 1. The minimum atomic E-state index is -3.55. The fourth-order valence-electron chi connectivity index (χ4n) is 3.51. The molecule has 1 atom stereocenters. The maximum absolute atomic E-state index is 12.5. The highest BCUT2D eigenvalue weighted by molar-refractivity contribution is 9.10. The molecule has 1 amide bonds. The molecule has 0 spiro atoms. The largest absolute Gasteiger partial charge is 0.484 e. The van der Waals surface area contributed by atoms with Gasteiger partial charge in [0.25, 0.3) is 5.91 Å². The zero-order valence-electron chi connectivity index (χ0n) is 16.9. The molecule has 0 heterocycles. The van der Waals surface area contributed by atoms with Crippen LogP contribution in [-0.2, 0) is 14.8 Å². The molecule has 6 nitrogen and oxygen atoms in total. The first-order valence-corrected chi connectivity index (χ1v) is 12.4. The third-order valence-electron chi connectivity index (χ3n) is 5.16. The Morgan fingerprint density at radius 1 is 1.13 bits per heavy atom. The SMILES string of the molecule is C[C@@H](NC(=O)COc1ccc(S(=O)(=O)NC2CCCCC2)cc1)c1cccc(Br)c1. The summed E-state index contributed by atoms with van der Waals surface area (Å²) in [5.41, 5.74) is 0.984. The Bertz CT molecular complexity index is 957. The van der Waals surface area contributed by atoms with Gasteiger partial charge in [-0.2, -0.15) is 0 Å². The molecule has 1 aliphatic rings. The van der Waals surface area contributed by atoms with Crippen molar-refractivity contribution in [2.45, 2.75) is 56.0 Å². The van der Waals surface area contributed by atoms with Crippen LogP contribution in [0.15, 0.2) is 57.9 Å². The van der Waals surface area contributed by atoms with E-state index < -0.39 is 10.0 Å². The van der Waals surface area contributed by atoms with E-state index in [1.165, 1.54) is 18.6 Å². The summed E-state index contributed by atoms with van der Waals surface area (Å²) in [4.78, 5) is 12.4. The smallest absolute Gasteiger partial charge is 0.258 e. The number of rotatable bonds is 8. The minimum absolute atomic E-state index is 0.00981. The third-order valence-corrected chi connectivity index (χ3v) is 7.19. The second-order valence-electron chi connectivity index (χ2n) is 7.56. The van der Waals surface area contributed by atoms with Gasteiger partial charge in [-0.25, -0.2) is 13.1 Å². The van der Waals surface area contributed by atoms with Crippen molar-refractivity contribution in [3.05, 3.63) is 58.6 Å². The summed E-state index contributed by atoms with van der Waals surface area (Å²) in [6, 6.07) is 13.7. The predicted molar refractivity (Wildman–Crippen MR) is 120 cm³/mol. The Morgan fingerprint density at radius 3 is 2.50 bits per heavy atom. The summed E-state index contributed by atoms with van der Waals surface area (Å²) in [5.74, 6) is 0.190. The van der Waals surface area contributed by atoms with Gasteiger partial charge in [0.05, 0.1) is 10.9 Å². The predicted octanol–water partition coefficient (Wildman–Crippen LogP) is 4.32. The summed E-state index contributed by atoms with van der Waals surface area (Å²) in [6.07, 6.45) is 5.05. The van der Waals surface area contributed by atoms with Crippen LogP contribution in [0.1, 0.15) is 50.6 Å². The van der Waals surface area contributed by atoms with Crippen molar-refractivity contribution in [2.24, 2.45) is 0 Å². The Balaban J connectivity index is 1.50. The van der Waals surface area contributed by atoms with Crippen molar-refractivity contribution in [3.8, 4) is 5.75 Å². The van der Waals surface area contributed by atoms with Crippen LogP contribution in [-0.4, -0.2) is 27.0 Å². The lowest BCUT2D eigenvalue weighted by molar-refractivity contribution is -0.123. The van der Waals surface area contributed by atoms with E-state index in [1.807, 2.05) is 31.2 Å². The zero-order chi connectivity index (χ0) is 21.6. The number of hydrogen-bond donors (Lipinski definition) is 2. The van der Waals surface area contributed by atoms with E-state index in [1.54, 1.807) is 12.1 Å². The van der Waals surface area contributed by atoms with E-state index >= 15 is 0 Å². The van der Waals surface area contributed by atoms with Gasteiger partial charge in [0.2, 0.25) is 10.0 Å². The van der Waals surface area contributed by atoms with Crippen LogP contribution in [0.25, 0.3) is 0 Å². The van der Waals surface area contributed by atoms with Crippen LogP contribution in [0.2, 0.25) is 0 Å². The molecule has 1 aliphatic carbocycles. The first kappa shape index (κ1) is 22.8. The van der Waals surface area contributed by atoms with E-state index in [4.69, 9.17) is 4.74 Å². The number of nitrogens with one attached hydrogen (secondary N) is 2. The minimum Gasteiger partial charge on any atom is -0.484 e. The van der Waals surface area contributed by atoms with Gasteiger partial charge in [-0.3, -0.25) is 4.79 Å². The van der Waals surface area contributed by atoms with E-state index in [-0.39, 0.29) is 29.5 Å². The highest BCUT2D eigenvalue weighted by Crippen LogP contribution is 2.21. The molecule has 0 radical (unpaired) electrons. The molecule has 8 heteroatoms. The third kappa shape index (κ3) is 6.55. The molecule has 0 aliphatic heterocycles. The van der Waals surface area contributed by atoms with Crippen LogP contribution in [0.4, 0.5) is 0 Å². The number of amides is 1. The number of ether oxygens (including phenoxy) is 1. The maximum atomic E-state index is 12.5. The first-order chi connectivity index (χ1) is 14.3. The van der Waals surface area contributed by atoms with Gasteiger partial charge in [0.1, 0.15) is 5.75 Å². The molecule has 1 fully saturated rings. The fraction of sp³-hybridized carbons (Fsp3) is 0.409. The van der Waals surface area contributed by atoms with E-state index in [9.17, 15) is 13.2 Å². The van der Waals surface area contributed by atoms with Gasteiger partial charge >= 0.3 is 0 Å². The summed E-state index contributed by atoms with van der Waals surface area (Å²) >= 11 is 3.42. The topological polar surface area (TPSA) is 84.5 Å². The number of sulfonamides is 1. The molecule has 2 N–H and O–H groups in total. The first-order valence-electron chi connectivity index (χ1n) is 10.1. The monoisotopic (exact) mass is 494 g/mol. The van der Waals surface area contributed by atoms with Gasteiger partial charge in [0, 0.05) is 10.5 Å². The van der Waals surface area contributed by atoms with Crippen molar-refractivity contribution >= 4 is 31.9 Å². The quantitative estimate of drug-likeness (QED) is 0.572. The highest BCUT2D eigenvalue weighted by atomic mass is 79.9. The Hall–Kier alpha value is -1.90. The molecule has 30 heavy (non-hydrogen) atoms. The fourth-order valence-corrected chi connectivity index (χ4v) is 5.24. The Labute approximate surface area is 186 Å². The van der Waals surface area contributed by atoms with Gasteiger partial charge in [-0.15, -0.1) is 0 Å². The average molecular weight is 495 g/mol. The lowest BCUT2D eigenvalue weighted by atomic mass is 9.96. The summed E-state index contributed by atoms with van der Waals surface area (Å²) in [6.45, 7) is 1.75. The second kappa shape index (κ2) is 10.4. The van der Waals surface area contributed by atoms with Crippen LogP contribution >= 0.6 is 15.9 Å². The molecule has 3 rings (SSSR count). The van der Waals surface area contributed by atoms with Crippen LogP contribution < -0.4 is 14.8 Å². The molecular weight excluding hydrogens is 468 g/mol. The molecule has 162 valence electrons. The van der Waals surface area contributed by atoms with Crippen LogP contribution in [0.3, 0.4) is 0 Å². The molecule has 0 aromatic heterocycles. The molecule has 0 unspecified atom stereocenters. The normalized spacial score (nSPS) is 16.1. The van der Waals surface area contributed by atoms with E-state index in [0.29, 0.717) is 5.75 Å². The Kier molecular flexibility index (Phi) is 7.91. The van der Waals surface area contributed by atoms with Crippen LogP contribution in [0, 0.1) is 0 Å². The number of carbonyl (C=O) groups is 1. The number of hydrogen-bond acceptors (Lipinski definition) is 4. The average Bonchev–Trinajstić information content (AvgIpc) is 2.73. The maximum Gasteiger partial charge on any atom is 0.258 e. The van der Waals surface area contributed by atoms with Crippen LogP contribution in [0.5, 0.6) is 5.75 Å². The standard InChI is InChI=1S/C22H27BrN2O4S/c1-16(17-6-5-7-18(23)14-17)24-22(26)15-29-20-10-12-21(13-11-20)30(27,28)25-19-8-3-2-4-9-19/h5-7,10-14,16,19,25H,2-4,8-9,15H2,1H3,(H,24,26)/t16-/m1/s1. The summed E-state index contributed by atoms with van der Waals surface area (Å²) < 4.78 is 34.3. The lowest BCUT2D eigenvalue weighted by Gasteiger charge is -2.22. The highest BCUT2D eigenvalue weighted by Gasteiger charge is 2.21. The molecule has 2 aromatic carbocycles. The van der Waals surface area contributed by atoms with Gasteiger partial charge in [-0.1, -0.05) is 47.3 Å². The number of carbonyl (C=O) groups excluding carboxylic acids is 1. The molecule has 1 saturated carbocycles. The number of benzene rings is 2. The Morgan fingerprint density at radius 2 is 1.83 bits per heavy atom. The van der Waals surface area contributed by atoms with Crippen molar-refractivity contribution in [2.75, 3.05) is 6.61 Å². The van der Waals surface area contributed by atoms with Gasteiger partial charge in [-0.05, 0) is 61.7 Å². The molecule has 0 bridgehead atoms. The van der Waals surface area contributed by atoms with E-state index in [2.05, 4.69) is 26.0 Å². The zero-order valence-corrected chi connectivity index (χ0v) is 19.3. The summed E-state index contributed by atoms with van der Waals surface area (Å²) in [7, 11) is -3.55. The van der Waals surface area contributed by atoms with Crippen molar-refractivity contribution in [1.82, 2.24) is 10.0 Å². The summed E-state index contributed by atoms with van der Waals surface area (Å²) in [5, 5.41) is 2.88. The van der Waals surface area contributed by atoms with Crippen molar-refractivity contribution in [3.63, 3.8) is 0 Å². The second-order valence-corrected chi connectivity index (χ2v) is 10.2.